The Bertz CT molecular complexity index is 556. The van der Waals surface area contributed by atoms with Gasteiger partial charge < -0.3 is 10.6 Å². The fourth-order valence-electron chi connectivity index (χ4n) is 2.48. The van der Waals surface area contributed by atoms with Crippen LogP contribution in [0.2, 0.25) is 0 Å². The summed E-state index contributed by atoms with van der Waals surface area (Å²) >= 11 is 4.99. The fraction of sp³-hybridized carbons (Fsp3) is 0.467. The molecule has 0 spiro atoms. The second kappa shape index (κ2) is 6.49. The zero-order chi connectivity index (χ0) is 15.6. The van der Waals surface area contributed by atoms with E-state index in [9.17, 15) is 9.18 Å². The van der Waals surface area contributed by atoms with Gasteiger partial charge in [0.25, 0.3) is 5.91 Å². The molecule has 2 rings (SSSR count). The second-order valence-corrected chi connectivity index (χ2v) is 5.81. The van der Waals surface area contributed by atoms with Crippen molar-refractivity contribution in [2.75, 3.05) is 26.2 Å². The van der Waals surface area contributed by atoms with Crippen molar-refractivity contribution in [1.82, 2.24) is 9.80 Å². The molecule has 0 radical (unpaired) electrons. The minimum Gasteiger partial charge on any atom is -0.392 e. The van der Waals surface area contributed by atoms with Gasteiger partial charge in [-0.2, -0.15) is 0 Å². The van der Waals surface area contributed by atoms with Crippen LogP contribution in [0.15, 0.2) is 18.2 Å². The zero-order valence-corrected chi connectivity index (χ0v) is 13.1. The van der Waals surface area contributed by atoms with Crippen molar-refractivity contribution in [3.63, 3.8) is 0 Å². The van der Waals surface area contributed by atoms with E-state index in [1.807, 2.05) is 6.92 Å². The standard InChI is InChI=1S/C15H20FN3OS/c1-10-4-3-5-12(13(10)16)15(20)19-8-6-18(7-9-19)11(2)14(17)21/h3-5,11H,6-9H2,1-2H3,(H2,17,21). The molecule has 1 aromatic rings. The lowest BCUT2D eigenvalue weighted by Crippen LogP contribution is -2.54. The van der Waals surface area contributed by atoms with Crippen molar-refractivity contribution in [1.29, 1.82) is 0 Å². The molecular weight excluding hydrogens is 289 g/mol. The van der Waals surface area contributed by atoms with E-state index >= 15 is 0 Å². The largest absolute Gasteiger partial charge is 0.392 e. The molecule has 1 aliphatic heterocycles. The molecule has 0 saturated carbocycles. The highest BCUT2D eigenvalue weighted by molar-refractivity contribution is 7.80. The molecule has 114 valence electrons. The first kappa shape index (κ1) is 15.9. The van der Waals surface area contributed by atoms with Crippen molar-refractivity contribution in [2.45, 2.75) is 19.9 Å². The van der Waals surface area contributed by atoms with Gasteiger partial charge in [0, 0.05) is 26.2 Å². The van der Waals surface area contributed by atoms with Crippen LogP contribution < -0.4 is 5.73 Å². The highest BCUT2D eigenvalue weighted by atomic mass is 32.1. The van der Waals surface area contributed by atoms with Crippen molar-refractivity contribution < 1.29 is 9.18 Å². The first-order chi connectivity index (χ1) is 9.91. The van der Waals surface area contributed by atoms with Gasteiger partial charge in [-0.05, 0) is 25.5 Å². The van der Waals surface area contributed by atoms with E-state index in [-0.39, 0.29) is 17.5 Å². The van der Waals surface area contributed by atoms with E-state index in [1.165, 1.54) is 6.07 Å². The Balaban J connectivity index is 2.04. The molecule has 4 nitrogen and oxygen atoms in total. The maximum absolute atomic E-state index is 14.0. The predicted molar refractivity (Wildman–Crippen MR) is 84.9 cm³/mol. The van der Waals surface area contributed by atoms with Crippen LogP contribution >= 0.6 is 12.2 Å². The average molecular weight is 309 g/mol. The molecule has 1 fully saturated rings. The Hall–Kier alpha value is -1.53. The Morgan fingerprint density at radius 2 is 1.95 bits per heavy atom. The number of aryl methyl sites for hydroxylation is 1. The zero-order valence-electron chi connectivity index (χ0n) is 12.3. The van der Waals surface area contributed by atoms with E-state index < -0.39 is 5.82 Å². The number of benzene rings is 1. The minimum atomic E-state index is -0.429. The van der Waals surface area contributed by atoms with Crippen LogP contribution in [-0.2, 0) is 0 Å². The summed E-state index contributed by atoms with van der Waals surface area (Å²) in [4.78, 5) is 16.7. The highest BCUT2D eigenvalue weighted by Gasteiger charge is 2.27. The summed E-state index contributed by atoms with van der Waals surface area (Å²) in [5.41, 5.74) is 6.28. The quantitative estimate of drug-likeness (QED) is 0.861. The minimum absolute atomic E-state index is 0.0213. The Labute approximate surface area is 129 Å². The van der Waals surface area contributed by atoms with Crippen molar-refractivity contribution >= 4 is 23.1 Å². The molecule has 0 aliphatic carbocycles. The highest BCUT2D eigenvalue weighted by Crippen LogP contribution is 2.16. The topological polar surface area (TPSA) is 49.6 Å². The lowest BCUT2D eigenvalue weighted by Gasteiger charge is -2.37. The maximum Gasteiger partial charge on any atom is 0.256 e. The summed E-state index contributed by atoms with van der Waals surface area (Å²) in [6, 6.07) is 4.92. The number of carbonyl (C=O) groups is 1. The maximum atomic E-state index is 14.0. The number of rotatable bonds is 3. The third-order valence-corrected chi connectivity index (χ3v) is 4.32. The molecule has 0 aromatic heterocycles. The lowest BCUT2D eigenvalue weighted by molar-refractivity contribution is 0.0617. The SMILES string of the molecule is Cc1cccc(C(=O)N2CCN(C(C)C(N)=S)CC2)c1F. The number of nitrogens with zero attached hydrogens (tertiary/aromatic N) is 2. The molecule has 0 bridgehead atoms. The Kier molecular flexibility index (Phi) is 4.90. The van der Waals surface area contributed by atoms with E-state index in [2.05, 4.69) is 4.90 Å². The smallest absolute Gasteiger partial charge is 0.256 e. The van der Waals surface area contributed by atoms with Crippen LogP contribution in [0, 0.1) is 12.7 Å². The molecule has 1 heterocycles. The van der Waals surface area contributed by atoms with Gasteiger partial charge in [0.15, 0.2) is 0 Å². The predicted octanol–water partition coefficient (Wildman–Crippen LogP) is 1.57. The molecule has 21 heavy (non-hydrogen) atoms. The Morgan fingerprint density at radius 3 is 2.52 bits per heavy atom. The number of nitrogens with two attached hydrogens (primary N) is 1. The fourth-order valence-corrected chi connectivity index (χ4v) is 2.62. The molecule has 1 amide bonds. The van der Waals surface area contributed by atoms with E-state index in [0.29, 0.717) is 36.7 Å². The number of halogens is 1. The van der Waals surface area contributed by atoms with E-state index in [1.54, 1.807) is 24.0 Å². The van der Waals surface area contributed by atoms with E-state index in [0.717, 1.165) is 0 Å². The number of carbonyl (C=O) groups excluding carboxylic acids is 1. The van der Waals surface area contributed by atoms with Crippen molar-refractivity contribution in [2.24, 2.45) is 5.73 Å². The monoisotopic (exact) mass is 309 g/mol. The first-order valence-corrected chi connectivity index (χ1v) is 7.40. The molecule has 1 saturated heterocycles. The van der Waals surface area contributed by atoms with Gasteiger partial charge in [-0.3, -0.25) is 9.69 Å². The van der Waals surface area contributed by atoms with Gasteiger partial charge in [0.05, 0.1) is 16.6 Å². The summed E-state index contributed by atoms with van der Waals surface area (Å²) in [6.07, 6.45) is 0. The molecule has 1 aromatic carbocycles. The summed E-state index contributed by atoms with van der Waals surface area (Å²) < 4.78 is 14.0. The van der Waals surface area contributed by atoms with Gasteiger partial charge in [-0.1, -0.05) is 24.4 Å². The van der Waals surface area contributed by atoms with Crippen LogP contribution in [-0.4, -0.2) is 52.9 Å². The van der Waals surface area contributed by atoms with Gasteiger partial charge >= 0.3 is 0 Å². The summed E-state index contributed by atoms with van der Waals surface area (Å²) in [6.45, 7) is 6.11. The van der Waals surface area contributed by atoms with Crippen LogP contribution in [0.5, 0.6) is 0 Å². The molecule has 6 heteroatoms. The van der Waals surface area contributed by atoms with Gasteiger partial charge in [-0.25, -0.2) is 4.39 Å². The van der Waals surface area contributed by atoms with Crippen molar-refractivity contribution in [3.8, 4) is 0 Å². The third kappa shape index (κ3) is 3.39. The summed E-state index contributed by atoms with van der Waals surface area (Å²) in [5.74, 6) is -0.680. The number of hydrogen-bond acceptors (Lipinski definition) is 3. The van der Waals surface area contributed by atoms with E-state index in [4.69, 9.17) is 18.0 Å². The molecule has 1 unspecified atom stereocenters. The molecule has 2 N–H and O–H groups in total. The van der Waals surface area contributed by atoms with Crippen LogP contribution in [0.3, 0.4) is 0 Å². The van der Waals surface area contributed by atoms with Gasteiger partial charge in [-0.15, -0.1) is 0 Å². The molecule has 1 aliphatic rings. The lowest BCUT2D eigenvalue weighted by atomic mass is 10.1. The average Bonchev–Trinajstić information content (AvgIpc) is 2.48. The second-order valence-electron chi connectivity index (χ2n) is 5.34. The first-order valence-electron chi connectivity index (χ1n) is 6.99. The summed E-state index contributed by atoms with van der Waals surface area (Å²) in [5, 5.41) is 0. The number of amides is 1. The van der Waals surface area contributed by atoms with Gasteiger partial charge in [0.1, 0.15) is 5.82 Å². The molecular formula is C15H20FN3OS. The van der Waals surface area contributed by atoms with Crippen LogP contribution in [0.4, 0.5) is 4.39 Å². The van der Waals surface area contributed by atoms with Crippen molar-refractivity contribution in [3.05, 3.63) is 35.1 Å². The number of piperazine rings is 1. The Morgan fingerprint density at radius 1 is 1.33 bits per heavy atom. The van der Waals surface area contributed by atoms with Crippen LogP contribution in [0.25, 0.3) is 0 Å². The van der Waals surface area contributed by atoms with Gasteiger partial charge in [0.2, 0.25) is 0 Å². The van der Waals surface area contributed by atoms with Crippen LogP contribution in [0.1, 0.15) is 22.8 Å². The normalized spacial score (nSPS) is 17.6. The molecule has 1 atom stereocenters. The third-order valence-electron chi connectivity index (χ3n) is 3.98. The number of hydrogen-bond donors (Lipinski definition) is 1. The summed E-state index contributed by atoms with van der Waals surface area (Å²) in [7, 11) is 0. The number of thiocarbonyl (C=S) groups is 1.